The Balaban J connectivity index is 2.23. The van der Waals surface area contributed by atoms with Gasteiger partial charge in [0, 0.05) is 6.04 Å². The first-order chi connectivity index (χ1) is 6.20. The second-order valence-electron chi connectivity index (χ2n) is 4.64. The molecule has 0 amide bonds. The third kappa shape index (κ3) is 3.51. The van der Waals surface area contributed by atoms with Gasteiger partial charge in [-0.05, 0) is 56.6 Å². The first-order valence-corrected chi connectivity index (χ1v) is 6.76. The zero-order chi connectivity index (χ0) is 9.73. The maximum absolute atomic E-state index is 3.40. The monoisotopic (exact) mass is 201 g/mol. The second kappa shape index (κ2) is 5.26. The standard InChI is InChI=1S/C11H23NS/c1-11(6-4-8-13-3)7-5-10(9-11)12-2/h10,12H,4-9H2,1-3H3. The Hall–Kier alpha value is 0.310. The summed E-state index contributed by atoms with van der Waals surface area (Å²) in [7, 11) is 2.10. The van der Waals surface area contributed by atoms with Crippen LogP contribution in [0.3, 0.4) is 0 Å². The van der Waals surface area contributed by atoms with E-state index in [1.165, 1.54) is 37.9 Å². The van der Waals surface area contributed by atoms with Crippen LogP contribution in [0, 0.1) is 5.41 Å². The second-order valence-corrected chi connectivity index (χ2v) is 5.62. The number of hydrogen-bond donors (Lipinski definition) is 1. The van der Waals surface area contributed by atoms with Gasteiger partial charge in [0.2, 0.25) is 0 Å². The summed E-state index contributed by atoms with van der Waals surface area (Å²) in [6.07, 6.45) is 9.21. The molecule has 0 spiro atoms. The highest BCUT2D eigenvalue weighted by Crippen LogP contribution is 2.41. The Kier molecular flexibility index (Phi) is 4.60. The van der Waals surface area contributed by atoms with Crippen LogP contribution in [0.1, 0.15) is 39.0 Å². The molecule has 0 aromatic carbocycles. The SMILES string of the molecule is CNC1CCC(C)(CCCSC)C1. The van der Waals surface area contributed by atoms with E-state index in [0.29, 0.717) is 5.41 Å². The molecule has 1 N–H and O–H groups in total. The fourth-order valence-corrected chi connectivity index (χ4v) is 2.87. The van der Waals surface area contributed by atoms with Crippen molar-refractivity contribution in [3.05, 3.63) is 0 Å². The first-order valence-electron chi connectivity index (χ1n) is 5.36. The number of rotatable bonds is 5. The molecule has 1 aliphatic carbocycles. The predicted molar refractivity (Wildman–Crippen MR) is 62.4 cm³/mol. The van der Waals surface area contributed by atoms with Crippen LogP contribution < -0.4 is 5.32 Å². The minimum atomic E-state index is 0.642. The molecule has 1 saturated carbocycles. The zero-order valence-electron chi connectivity index (χ0n) is 9.23. The highest BCUT2D eigenvalue weighted by atomic mass is 32.2. The zero-order valence-corrected chi connectivity index (χ0v) is 10.0. The normalized spacial score (nSPS) is 33.9. The number of thioether (sulfide) groups is 1. The van der Waals surface area contributed by atoms with Crippen LogP contribution in [0.4, 0.5) is 0 Å². The molecule has 0 aromatic heterocycles. The first kappa shape index (κ1) is 11.4. The molecule has 0 aromatic rings. The van der Waals surface area contributed by atoms with Crippen molar-refractivity contribution in [1.29, 1.82) is 0 Å². The van der Waals surface area contributed by atoms with E-state index in [4.69, 9.17) is 0 Å². The van der Waals surface area contributed by atoms with E-state index in [9.17, 15) is 0 Å². The topological polar surface area (TPSA) is 12.0 Å². The molecule has 1 fully saturated rings. The van der Waals surface area contributed by atoms with Crippen molar-refractivity contribution >= 4 is 11.8 Å². The van der Waals surface area contributed by atoms with E-state index in [2.05, 4.69) is 25.5 Å². The Morgan fingerprint density at radius 2 is 2.31 bits per heavy atom. The molecule has 78 valence electrons. The minimum Gasteiger partial charge on any atom is -0.317 e. The van der Waals surface area contributed by atoms with Gasteiger partial charge in [0.1, 0.15) is 0 Å². The van der Waals surface area contributed by atoms with Crippen molar-refractivity contribution in [2.24, 2.45) is 5.41 Å². The summed E-state index contributed by atoms with van der Waals surface area (Å²) in [6, 6.07) is 0.791. The van der Waals surface area contributed by atoms with E-state index in [1.807, 2.05) is 11.8 Å². The maximum atomic E-state index is 3.40. The third-order valence-corrected chi connectivity index (χ3v) is 4.07. The van der Waals surface area contributed by atoms with Crippen molar-refractivity contribution in [3.63, 3.8) is 0 Å². The summed E-state index contributed by atoms with van der Waals surface area (Å²) in [4.78, 5) is 0. The third-order valence-electron chi connectivity index (χ3n) is 3.37. The Morgan fingerprint density at radius 3 is 2.85 bits per heavy atom. The molecule has 0 bridgehead atoms. The molecular weight excluding hydrogens is 178 g/mol. The summed E-state index contributed by atoms with van der Waals surface area (Å²) in [5.41, 5.74) is 0.642. The highest BCUT2D eigenvalue weighted by Gasteiger charge is 2.33. The van der Waals surface area contributed by atoms with Crippen LogP contribution >= 0.6 is 11.8 Å². The molecule has 0 heterocycles. The summed E-state index contributed by atoms with van der Waals surface area (Å²) < 4.78 is 0. The highest BCUT2D eigenvalue weighted by molar-refractivity contribution is 7.98. The Labute approximate surface area is 87.1 Å². The van der Waals surface area contributed by atoms with Crippen LogP contribution in [0.5, 0.6) is 0 Å². The molecule has 2 atom stereocenters. The molecule has 2 heteroatoms. The largest absolute Gasteiger partial charge is 0.317 e. The van der Waals surface area contributed by atoms with Gasteiger partial charge in [-0.15, -0.1) is 0 Å². The smallest absolute Gasteiger partial charge is 0.00694 e. The van der Waals surface area contributed by atoms with Crippen LogP contribution in [-0.4, -0.2) is 25.1 Å². The predicted octanol–water partition coefficient (Wildman–Crippen LogP) is 2.91. The summed E-state index contributed by atoms with van der Waals surface area (Å²) >= 11 is 1.97. The molecule has 0 radical (unpaired) electrons. The van der Waals surface area contributed by atoms with Gasteiger partial charge >= 0.3 is 0 Å². The van der Waals surface area contributed by atoms with Crippen LogP contribution in [-0.2, 0) is 0 Å². The molecule has 2 unspecified atom stereocenters. The van der Waals surface area contributed by atoms with Gasteiger partial charge in [-0.25, -0.2) is 0 Å². The molecule has 13 heavy (non-hydrogen) atoms. The lowest BCUT2D eigenvalue weighted by Gasteiger charge is -2.23. The van der Waals surface area contributed by atoms with Crippen molar-refractivity contribution < 1.29 is 0 Å². The lowest BCUT2D eigenvalue weighted by Crippen LogP contribution is -2.23. The number of nitrogens with one attached hydrogen (secondary N) is 1. The lowest BCUT2D eigenvalue weighted by molar-refractivity contribution is 0.297. The van der Waals surface area contributed by atoms with Gasteiger partial charge in [0.25, 0.3) is 0 Å². The minimum absolute atomic E-state index is 0.642. The van der Waals surface area contributed by atoms with Crippen molar-refractivity contribution in [2.45, 2.75) is 45.1 Å². The van der Waals surface area contributed by atoms with E-state index in [0.717, 1.165) is 6.04 Å². The number of hydrogen-bond acceptors (Lipinski definition) is 2. The Bertz CT molecular complexity index is 149. The fraction of sp³-hybridized carbons (Fsp3) is 1.00. The maximum Gasteiger partial charge on any atom is 0.00694 e. The molecule has 1 nitrogen and oxygen atoms in total. The van der Waals surface area contributed by atoms with Gasteiger partial charge < -0.3 is 5.32 Å². The molecule has 1 rings (SSSR count). The van der Waals surface area contributed by atoms with Gasteiger partial charge in [-0.2, -0.15) is 11.8 Å². The van der Waals surface area contributed by atoms with E-state index in [1.54, 1.807) is 0 Å². The van der Waals surface area contributed by atoms with Crippen LogP contribution in [0.2, 0.25) is 0 Å². The lowest BCUT2D eigenvalue weighted by atomic mass is 9.84. The van der Waals surface area contributed by atoms with Crippen molar-refractivity contribution in [3.8, 4) is 0 Å². The van der Waals surface area contributed by atoms with E-state index < -0.39 is 0 Å². The average Bonchev–Trinajstić information content (AvgIpc) is 2.49. The summed E-state index contributed by atoms with van der Waals surface area (Å²) in [5, 5.41) is 3.40. The summed E-state index contributed by atoms with van der Waals surface area (Å²) in [5.74, 6) is 1.33. The quantitative estimate of drug-likeness (QED) is 0.686. The fourth-order valence-electron chi connectivity index (χ4n) is 2.44. The molecule has 0 saturated heterocycles. The Morgan fingerprint density at radius 1 is 1.54 bits per heavy atom. The molecule has 1 aliphatic rings. The molecular formula is C11H23NS. The summed E-state index contributed by atoms with van der Waals surface area (Å²) in [6.45, 7) is 2.46. The van der Waals surface area contributed by atoms with Gasteiger partial charge in [0.15, 0.2) is 0 Å². The van der Waals surface area contributed by atoms with Crippen molar-refractivity contribution in [1.82, 2.24) is 5.32 Å². The van der Waals surface area contributed by atoms with Gasteiger partial charge in [0.05, 0.1) is 0 Å². The van der Waals surface area contributed by atoms with Crippen LogP contribution in [0.25, 0.3) is 0 Å². The van der Waals surface area contributed by atoms with Gasteiger partial charge in [-0.3, -0.25) is 0 Å². The van der Waals surface area contributed by atoms with Crippen LogP contribution in [0.15, 0.2) is 0 Å². The average molecular weight is 201 g/mol. The van der Waals surface area contributed by atoms with E-state index in [-0.39, 0.29) is 0 Å². The van der Waals surface area contributed by atoms with Gasteiger partial charge in [-0.1, -0.05) is 6.92 Å². The van der Waals surface area contributed by atoms with E-state index >= 15 is 0 Å². The molecule has 0 aliphatic heterocycles. The van der Waals surface area contributed by atoms with Crippen molar-refractivity contribution in [2.75, 3.05) is 19.1 Å².